The van der Waals surface area contributed by atoms with Crippen molar-refractivity contribution in [1.82, 2.24) is 40.6 Å². The number of carbonyl (C=O) groups is 2. The third-order valence-corrected chi connectivity index (χ3v) is 10.4. The van der Waals surface area contributed by atoms with Gasteiger partial charge < -0.3 is 34.6 Å². The number of benzene rings is 2. The number of furan rings is 2. The monoisotopic (exact) mass is 836 g/mol. The molecule has 6 aromatic rings. The van der Waals surface area contributed by atoms with Gasteiger partial charge >= 0.3 is 0 Å². The summed E-state index contributed by atoms with van der Waals surface area (Å²) in [5, 5.41) is 11.7. The van der Waals surface area contributed by atoms with E-state index in [4.69, 9.17) is 8.83 Å². The number of carbonyl (C=O) groups excluding carboxylic acids is 2. The van der Waals surface area contributed by atoms with Crippen LogP contribution in [-0.4, -0.2) is 128 Å². The van der Waals surface area contributed by atoms with Crippen molar-refractivity contribution in [2.24, 2.45) is 0 Å². The van der Waals surface area contributed by atoms with E-state index >= 15 is 0 Å². The number of hydrogen-bond acceptors (Lipinski definition) is 10. The zero-order valence-corrected chi connectivity index (χ0v) is 34.9. The van der Waals surface area contributed by atoms with Crippen molar-refractivity contribution in [1.29, 1.82) is 0 Å². The second kappa shape index (κ2) is 20.5. The molecule has 0 bridgehead atoms. The molecule has 12 nitrogen and oxygen atoms in total. The fourth-order valence-corrected chi connectivity index (χ4v) is 6.88. The number of rotatable bonds is 9. The van der Waals surface area contributed by atoms with E-state index in [9.17, 15) is 9.59 Å². The van der Waals surface area contributed by atoms with Gasteiger partial charge in [0.05, 0.1) is 34.7 Å². The van der Waals surface area contributed by atoms with Crippen LogP contribution in [0.25, 0.3) is 44.7 Å². The highest BCUT2D eigenvalue weighted by molar-refractivity contribution is 9.09. The fraction of sp³-hybridized carbons (Fsp3) is 0.364. The summed E-state index contributed by atoms with van der Waals surface area (Å²) >= 11 is 3.32. The van der Waals surface area contributed by atoms with Crippen molar-refractivity contribution in [3.05, 3.63) is 108 Å². The SMILES string of the molecule is CN1CCNCC1.Cc1ccc2nc(-c3ccco3)cc(C(=O)NCCBr)c2c1.Cc1ccc2nc(-c3ccco3)cc(C(=O)NCCN3CCN(C)CC3)c2c1. The molecule has 300 valence electrons. The smallest absolute Gasteiger partial charge is 0.252 e. The normalized spacial score (nSPS) is 15.0. The molecule has 2 aliphatic heterocycles. The Labute approximate surface area is 343 Å². The van der Waals surface area contributed by atoms with E-state index in [1.807, 2.05) is 74.5 Å². The fourth-order valence-electron chi connectivity index (χ4n) is 6.68. The second-order valence-corrected chi connectivity index (χ2v) is 15.3. The molecule has 0 unspecified atom stereocenters. The first-order valence-electron chi connectivity index (χ1n) is 19.5. The van der Waals surface area contributed by atoms with Crippen LogP contribution in [0.2, 0.25) is 0 Å². The van der Waals surface area contributed by atoms with E-state index in [1.165, 1.54) is 13.1 Å². The molecule has 3 N–H and O–H groups in total. The van der Waals surface area contributed by atoms with Crippen LogP contribution in [0.1, 0.15) is 31.8 Å². The Morgan fingerprint density at radius 2 is 1.18 bits per heavy atom. The van der Waals surface area contributed by atoms with Crippen LogP contribution >= 0.6 is 15.9 Å². The molecule has 0 spiro atoms. The summed E-state index contributed by atoms with van der Waals surface area (Å²) in [4.78, 5) is 41.8. The Kier molecular flexibility index (Phi) is 15.0. The Bertz CT molecular complexity index is 2210. The highest BCUT2D eigenvalue weighted by Gasteiger charge is 2.18. The van der Waals surface area contributed by atoms with Crippen LogP contribution in [0.3, 0.4) is 0 Å². The molecule has 57 heavy (non-hydrogen) atoms. The average Bonchev–Trinajstić information content (AvgIpc) is 3.97. The third-order valence-electron chi connectivity index (χ3n) is 10.00. The van der Waals surface area contributed by atoms with E-state index in [-0.39, 0.29) is 11.8 Å². The minimum Gasteiger partial charge on any atom is -0.463 e. The molecule has 2 aromatic carbocycles. The number of nitrogens with zero attached hydrogens (tertiary/aromatic N) is 5. The van der Waals surface area contributed by atoms with Crippen LogP contribution < -0.4 is 16.0 Å². The predicted molar refractivity (Wildman–Crippen MR) is 231 cm³/mol. The number of piperazine rings is 2. The number of nitrogens with one attached hydrogen (secondary N) is 3. The van der Waals surface area contributed by atoms with Gasteiger partial charge in [-0.15, -0.1) is 0 Å². The molecule has 0 atom stereocenters. The quantitative estimate of drug-likeness (QED) is 0.144. The van der Waals surface area contributed by atoms with E-state index in [0.29, 0.717) is 52.5 Å². The molecule has 6 heterocycles. The Morgan fingerprint density at radius 1 is 0.684 bits per heavy atom. The number of amides is 2. The maximum absolute atomic E-state index is 13.0. The average molecular weight is 838 g/mol. The number of alkyl halides is 1. The maximum atomic E-state index is 13.0. The lowest BCUT2D eigenvalue weighted by atomic mass is 10.0. The Balaban J connectivity index is 0.000000168. The summed E-state index contributed by atoms with van der Waals surface area (Å²) in [7, 11) is 4.30. The zero-order valence-electron chi connectivity index (χ0n) is 33.3. The minimum absolute atomic E-state index is 0.0695. The van der Waals surface area contributed by atoms with E-state index in [0.717, 1.165) is 78.7 Å². The molecule has 2 fully saturated rings. The van der Waals surface area contributed by atoms with Gasteiger partial charge in [-0.3, -0.25) is 14.5 Å². The summed E-state index contributed by atoms with van der Waals surface area (Å²) in [6, 6.07) is 22.8. The van der Waals surface area contributed by atoms with Gasteiger partial charge in [0.25, 0.3) is 11.8 Å². The molecular formula is C44H53BrN8O4. The number of pyridine rings is 2. The van der Waals surface area contributed by atoms with Crippen LogP contribution in [-0.2, 0) is 0 Å². The summed E-state index contributed by atoms with van der Waals surface area (Å²) in [6.07, 6.45) is 3.22. The largest absolute Gasteiger partial charge is 0.463 e. The number of hydrogen-bond donors (Lipinski definition) is 3. The van der Waals surface area contributed by atoms with Gasteiger partial charge in [0, 0.05) is 88.1 Å². The van der Waals surface area contributed by atoms with Gasteiger partial charge in [-0.1, -0.05) is 39.2 Å². The molecule has 2 amide bonds. The van der Waals surface area contributed by atoms with E-state index < -0.39 is 0 Å². The molecule has 2 saturated heterocycles. The van der Waals surface area contributed by atoms with Crippen LogP contribution in [0, 0.1) is 13.8 Å². The van der Waals surface area contributed by atoms with Crippen LogP contribution in [0.5, 0.6) is 0 Å². The van der Waals surface area contributed by atoms with Gasteiger partial charge in [0.15, 0.2) is 11.5 Å². The standard InChI is InChI=1S/C22H26N4O2.C17H15BrN2O2.C5H12N2/c1-16-5-6-19-17(14-16)18(15-20(24-19)21-4-3-13-28-21)22(27)23-7-8-26-11-9-25(2)10-12-26;1-11-4-5-14-12(9-11)13(17(21)19-7-6-18)10-15(20-14)16-3-2-8-22-16;1-7-4-2-6-3-5-7/h3-6,13-15H,7-12H2,1-2H3,(H,23,27);2-5,8-10H,6-7H2,1H3,(H,19,21);6H,2-5H2,1H3. The Morgan fingerprint density at radius 3 is 1.61 bits per heavy atom. The first kappa shape index (κ1) is 41.7. The molecule has 8 rings (SSSR count). The summed E-state index contributed by atoms with van der Waals surface area (Å²) < 4.78 is 10.9. The summed E-state index contributed by atoms with van der Waals surface area (Å²) in [6.45, 7) is 15.1. The molecule has 13 heteroatoms. The maximum Gasteiger partial charge on any atom is 0.252 e. The Hall–Kier alpha value is -4.92. The van der Waals surface area contributed by atoms with Crippen LogP contribution in [0.4, 0.5) is 0 Å². The molecule has 0 saturated carbocycles. The lowest BCUT2D eigenvalue weighted by Gasteiger charge is -2.32. The molecule has 0 aliphatic carbocycles. The van der Waals surface area contributed by atoms with Gasteiger partial charge in [-0.05, 0) is 88.6 Å². The van der Waals surface area contributed by atoms with Crippen molar-refractivity contribution in [3.63, 3.8) is 0 Å². The van der Waals surface area contributed by atoms with E-state index in [2.05, 4.69) is 70.6 Å². The lowest BCUT2D eigenvalue weighted by molar-refractivity contribution is 0.0939. The summed E-state index contributed by atoms with van der Waals surface area (Å²) in [5.41, 5.74) is 6.35. The predicted octanol–water partition coefficient (Wildman–Crippen LogP) is 6.23. The van der Waals surface area contributed by atoms with Gasteiger partial charge in [-0.25, -0.2) is 9.97 Å². The molecule has 4 aromatic heterocycles. The number of halogens is 1. The second-order valence-electron chi connectivity index (χ2n) is 14.5. The molecule has 2 aliphatic rings. The number of likely N-dealkylation sites (N-methyl/N-ethyl adjacent to an activating group) is 2. The topological polar surface area (TPSA) is 132 Å². The molecular weight excluding hydrogens is 784 g/mol. The first-order chi connectivity index (χ1) is 27.7. The number of aromatic nitrogens is 2. The first-order valence-corrected chi connectivity index (χ1v) is 20.6. The van der Waals surface area contributed by atoms with Gasteiger partial charge in [0.2, 0.25) is 0 Å². The van der Waals surface area contributed by atoms with E-state index in [1.54, 1.807) is 24.7 Å². The highest BCUT2D eigenvalue weighted by Crippen LogP contribution is 2.27. The number of fused-ring (bicyclic) bond motifs is 2. The third kappa shape index (κ3) is 11.6. The summed E-state index contributed by atoms with van der Waals surface area (Å²) in [5.74, 6) is 1.14. The van der Waals surface area contributed by atoms with Gasteiger partial charge in [-0.2, -0.15) is 0 Å². The lowest BCUT2D eigenvalue weighted by Crippen LogP contribution is -2.46. The van der Waals surface area contributed by atoms with Crippen molar-refractivity contribution in [2.75, 3.05) is 91.4 Å². The van der Waals surface area contributed by atoms with Crippen molar-refractivity contribution >= 4 is 49.6 Å². The van der Waals surface area contributed by atoms with Crippen molar-refractivity contribution in [2.45, 2.75) is 13.8 Å². The van der Waals surface area contributed by atoms with Gasteiger partial charge in [0.1, 0.15) is 11.4 Å². The zero-order chi connectivity index (χ0) is 40.1. The van der Waals surface area contributed by atoms with Crippen molar-refractivity contribution < 1.29 is 18.4 Å². The number of aryl methyl sites for hydroxylation is 2. The molecule has 0 radical (unpaired) electrons. The minimum atomic E-state index is -0.106. The van der Waals surface area contributed by atoms with Crippen molar-refractivity contribution in [3.8, 4) is 22.9 Å². The highest BCUT2D eigenvalue weighted by atomic mass is 79.9. The van der Waals surface area contributed by atoms with Crippen LogP contribution in [0.15, 0.2) is 94.2 Å².